The molecule has 0 spiro atoms. The van der Waals surface area contributed by atoms with Crippen molar-refractivity contribution in [2.45, 2.75) is 206 Å². The number of carbonyl (C=O) groups is 3. The Labute approximate surface area is 338 Å². The summed E-state index contributed by atoms with van der Waals surface area (Å²) in [5, 5.41) is 0. The van der Waals surface area contributed by atoms with Crippen LogP contribution in [0.15, 0.2) is 73.4 Å². The van der Waals surface area contributed by atoms with Crippen molar-refractivity contribution < 1.29 is 28.6 Å². The van der Waals surface area contributed by atoms with Gasteiger partial charge in [0, 0.05) is 19.3 Å². The molecule has 0 rings (SSSR count). The molecule has 1 atom stereocenters. The molecule has 6 nitrogen and oxygen atoms in total. The molecule has 0 fully saturated rings. The predicted molar refractivity (Wildman–Crippen MR) is 233 cm³/mol. The lowest BCUT2D eigenvalue weighted by atomic mass is 10.1. The third-order valence-electron chi connectivity index (χ3n) is 9.31. The number of ether oxygens (including phenoxy) is 3. The van der Waals surface area contributed by atoms with Crippen molar-refractivity contribution in [1.29, 1.82) is 0 Å². The summed E-state index contributed by atoms with van der Waals surface area (Å²) in [5.74, 6) is -0.956. The fourth-order valence-electron chi connectivity index (χ4n) is 5.93. The van der Waals surface area contributed by atoms with Crippen molar-refractivity contribution in [2.75, 3.05) is 13.2 Å². The van der Waals surface area contributed by atoms with E-state index in [9.17, 15) is 14.4 Å². The van der Waals surface area contributed by atoms with Gasteiger partial charge in [0.15, 0.2) is 6.10 Å². The Morgan fingerprint density at radius 3 is 1.24 bits per heavy atom. The topological polar surface area (TPSA) is 78.9 Å². The van der Waals surface area contributed by atoms with Gasteiger partial charge in [-0.05, 0) is 96.3 Å². The van der Waals surface area contributed by atoms with Gasteiger partial charge in [-0.2, -0.15) is 0 Å². The zero-order valence-corrected chi connectivity index (χ0v) is 35.5. The largest absolute Gasteiger partial charge is 0.462 e. The molecule has 0 aliphatic heterocycles. The van der Waals surface area contributed by atoms with E-state index in [0.717, 1.165) is 141 Å². The summed E-state index contributed by atoms with van der Waals surface area (Å²) in [6.07, 6.45) is 52.1. The van der Waals surface area contributed by atoms with E-state index < -0.39 is 6.10 Å². The van der Waals surface area contributed by atoms with Crippen LogP contribution in [-0.4, -0.2) is 37.2 Å². The molecule has 314 valence electrons. The van der Waals surface area contributed by atoms with E-state index in [4.69, 9.17) is 14.2 Å². The first-order chi connectivity index (χ1) is 27.0. The summed E-state index contributed by atoms with van der Waals surface area (Å²) in [6, 6.07) is 0. The molecule has 0 aliphatic rings. The lowest BCUT2D eigenvalue weighted by Gasteiger charge is -2.18. The van der Waals surface area contributed by atoms with Crippen LogP contribution in [0.2, 0.25) is 0 Å². The van der Waals surface area contributed by atoms with Crippen LogP contribution in [0.5, 0.6) is 0 Å². The summed E-state index contributed by atoms with van der Waals surface area (Å²) in [5.41, 5.74) is 0. The van der Waals surface area contributed by atoms with Crippen LogP contribution in [0.4, 0.5) is 0 Å². The van der Waals surface area contributed by atoms with Crippen molar-refractivity contribution in [3.63, 3.8) is 0 Å². The molecule has 55 heavy (non-hydrogen) atoms. The van der Waals surface area contributed by atoms with Crippen LogP contribution in [0, 0.1) is 0 Å². The third kappa shape index (κ3) is 41.8. The Hall–Kier alpha value is -3.15. The molecule has 0 aromatic rings. The molecule has 0 saturated carbocycles. The molecule has 0 bridgehead atoms. The summed E-state index contributed by atoms with van der Waals surface area (Å²) < 4.78 is 16.6. The standard InChI is InChI=1S/C49H82O6/c1-4-7-10-13-16-18-20-22-24-26-28-30-33-36-39-42-48(51)54-45-46(44-53-47(50)41-38-35-32-15-12-9-6-3)55-49(52)43-40-37-34-31-29-27-25-23-21-19-17-14-11-8-5-2/h6-7,10,16-19,22-25,46H,3-5,8-9,11-15,20-21,26-45H2,1-2H3. The summed E-state index contributed by atoms with van der Waals surface area (Å²) >= 11 is 0. The quantitative estimate of drug-likeness (QED) is 0.0267. The first-order valence-electron chi connectivity index (χ1n) is 22.4. The second-order valence-electron chi connectivity index (χ2n) is 14.7. The lowest BCUT2D eigenvalue weighted by molar-refractivity contribution is -0.167. The molecule has 0 aromatic heterocycles. The van der Waals surface area contributed by atoms with Gasteiger partial charge in [-0.25, -0.2) is 0 Å². The van der Waals surface area contributed by atoms with Crippen molar-refractivity contribution in [2.24, 2.45) is 0 Å². The zero-order chi connectivity index (χ0) is 40.1. The first-order valence-corrected chi connectivity index (χ1v) is 22.4. The minimum Gasteiger partial charge on any atom is -0.462 e. The van der Waals surface area contributed by atoms with E-state index in [1.807, 2.05) is 6.08 Å². The maximum Gasteiger partial charge on any atom is 0.306 e. The highest BCUT2D eigenvalue weighted by Crippen LogP contribution is 2.13. The molecule has 0 N–H and O–H groups in total. The monoisotopic (exact) mass is 767 g/mol. The van der Waals surface area contributed by atoms with Gasteiger partial charge >= 0.3 is 17.9 Å². The van der Waals surface area contributed by atoms with E-state index in [0.29, 0.717) is 19.3 Å². The number of rotatable bonds is 40. The zero-order valence-electron chi connectivity index (χ0n) is 35.5. The molecular formula is C49H82O6. The van der Waals surface area contributed by atoms with Crippen LogP contribution in [0.1, 0.15) is 200 Å². The first kappa shape index (κ1) is 51.9. The molecule has 0 heterocycles. The number of hydrogen-bond acceptors (Lipinski definition) is 6. The highest BCUT2D eigenvalue weighted by Gasteiger charge is 2.19. The summed E-state index contributed by atoms with van der Waals surface area (Å²) in [4.78, 5) is 37.6. The third-order valence-corrected chi connectivity index (χ3v) is 9.31. The summed E-state index contributed by atoms with van der Waals surface area (Å²) in [7, 11) is 0. The van der Waals surface area contributed by atoms with Crippen molar-refractivity contribution in [3.05, 3.63) is 73.4 Å². The SMILES string of the molecule is C=CCCCCCCCC(=O)OCC(COC(=O)CCCCCCCC=CCC=CCC=CCC)OC(=O)CCCCCCCC=CCC=CCCCCC. The van der Waals surface area contributed by atoms with Gasteiger partial charge in [-0.15, -0.1) is 6.58 Å². The van der Waals surface area contributed by atoms with Crippen molar-refractivity contribution in [3.8, 4) is 0 Å². The molecule has 1 unspecified atom stereocenters. The van der Waals surface area contributed by atoms with E-state index in [1.165, 1.54) is 25.7 Å². The normalized spacial score (nSPS) is 12.5. The lowest BCUT2D eigenvalue weighted by Crippen LogP contribution is -2.30. The van der Waals surface area contributed by atoms with Gasteiger partial charge in [0.1, 0.15) is 13.2 Å². The van der Waals surface area contributed by atoms with Crippen LogP contribution in [0.3, 0.4) is 0 Å². The van der Waals surface area contributed by atoms with Crippen molar-refractivity contribution >= 4 is 17.9 Å². The average Bonchev–Trinajstić information content (AvgIpc) is 3.18. The van der Waals surface area contributed by atoms with Gasteiger partial charge in [0.25, 0.3) is 0 Å². The molecule has 0 amide bonds. The molecule has 0 aromatic carbocycles. The summed E-state index contributed by atoms with van der Waals surface area (Å²) in [6.45, 7) is 7.94. The number of carbonyl (C=O) groups excluding carboxylic acids is 3. The van der Waals surface area contributed by atoms with E-state index >= 15 is 0 Å². The Morgan fingerprint density at radius 1 is 0.436 bits per heavy atom. The Morgan fingerprint density at radius 2 is 0.800 bits per heavy atom. The fraction of sp³-hybridized carbons (Fsp3) is 0.694. The predicted octanol–water partition coefficient (Wildman–Crippen LogP) is 14.3. The van der Waals surface area contributed by atoms with Gasteiger partial charge in [-0.3, -0.25) is 14.4 Å². The van der Waals surface area contributed by atoms with E-state index in [1.54, 1.807) is 0 Å². The maximum absolute atomic E-state index is 12.7. The molecule has 6 heteroatoms. The van der Waals surface area contributed by atoms with Crippen LogP contribution in [0.25, 0.3) is 0 Å². The molecule has 0 radical (unpaired) electrons. The molecule has 0 saturated heterocycles. The highest BCUT2D eigenvalue weighted by atomic mass is 16.6. The number of esters is 3. The Bertz CT molecular complexity index is 1050. The number of unbranched alkanes of at least 4 members (excludes halogenated alkanes) is 18. The van der Waals surface area contributed by atoms with Crippen LogP contribution in [-0.2, 0) is 28.6 Å². The minimum atomic E-state index is -0.793. The highest BCUT2D eigenvalue weighted by molar-refractivity contribution is 5.71. The molecular weight excluding hydrogens is 685 g/mol. The second kappa shape index (κ2) is 43.6. The smallest absolute Gasteiger partial charge is 0.306 e. The number of allylic oxidation sites excluding steroid dienone is 11. The van der Waals surface area contributed by atoms with Crippen LogP contribution >= 0.6 is 0 Å². The van der Waals surface area contributed by atoms with E-state index in [-0.39, 0.29) is 31.1 Å². The van der Waals surface area contributed by atoms with Gasteiger partial charge in [0.2, 0.25) is 0 Å². The maximum atomic E-state index is 12.7. The Balaban J connectivity index is 4.37. The van der Waals surface area contributed by atoms with Gasteiger partial charge in [-0.1, -0.05) is 151 Å². The second-order valence-corrected chi connectivity index (χ2v) is 14.7. The Kier molecular flexibility index (Phi) is 41.1. The van der Waals surface area contributed by atoms with Crippen LogP contribution < -0.4 is 0 Å². The number of hydrogen-bond donors (Lipinski definition) is 0. The van der Waals surface area contributed by atoms with Gasteiger partial charge in [0.05, 0.1) is 0 Å². The minimum absolute atomic E-state index is 0.0968. The molecule has 0 aliphatic carbocycles. The van der Waals surface area contributed by atoms with Crippen molar-refractivity contribution in [1.82, 2.24) is 0 Å². The fourth-order valence-corrected chi connectivity index (χ4v) is 5.93. The average molecular weight is 767 g/mol. The van der Waals surface area contributed by atoms with Gasteiger partial charge < -0.3 is 14.2 Å². The van der Waals surface area contributed by atoms with E-state index in [2.05, 4.69) is 81.2 Å².